The standard InChI is InChI=1S/C26H24ClF2N3O/c27-20-10-4-2-7-17(20)15-33-26-19(9-5-11-30-26)18-8-3-1-6-16(18)12-25-31-23-13-21(28)22(29)14-24(23)32-25/h2,4-5,7,9-11,13-14,16,18H,1,3,6,8,12,15H2,(H,31,32). The number of nitrogens with one attached hydrogen (secondary N) is 1. The van der Waals surface area contributed by atoms with Crippen LogP contribution < -0.4 is 4.74 Å². The number of pyridine rings is 1. The number of aromatic nitrogens is 3. The predicted molar refractivity (Wildman–Crippen MR) is 124 cm³/mol. The summed E-state index contributed by atoms with van der Waals surface area (Å²) < 4.78 is 33.3. The Hall–Kier alpha value is -2.99. The highest BCUT2D eigenvalue weighted by Crippen LogP contribution is 2.42. The molecule has 1 aliphatic carbocycles. The Bertz CT molecular complexity index is 1240. The molecule has 0 radical (unpaired) electrons. The fraction of sp³-hybridized carbons (Fsp3) is 0.308. The molecular formula is C26H24ClF2N3O. The van der Waals surface area contributed by atoms with E-state index in [9.17, 15) is 8.78 Å². The van der Waals surface area contributed by atoms with E-state index in [0.29, 0.717) is 40.9 Å². The first-order chi connectivity index (χ1) is 16.1. The lowest BCUT2D eigenvalue weighted by Crippen LogP contribution is -2.21. The smallest absolute Gasteiger partial charge is 0.217 e. The minimum Gasteiger partial charge on any atom is -0.473 e. The van der Waals surface area contributed by atoms with Crippen LogP contribution in [-0.4, -0.2) is 15.0 Å². The highest BCUT2D eigenvalue weighted by Gasteiger charge is 2.30. The molecule has 4 nitrogen and oxygen atoms in total. The van der Waals surface area contributed by atoms with Gasteiger partial charge in [-0.2, -0.15) is 0 Å². The minimum atomic E-state index is -0.883. The van der Waals surface area contributed by atoms with Crippen molar-refractivity contribution in [2.24, 2.45) is 5.92 Å². The summed E-state index contributed by atoms with van der Waals surface area (Å²) in [5, 5.41) is 0.670. The van der Waals surface area contributed by atoms with Crippen molar-refractivity contribution >= 4 is 22.6 Å². The molecule has 2 atom stereocenters. The molecule has 1 saturated carbocycles. The number of halogens is 3. The van der Waals surface area contributed by atoms with E-state index in [1.165, 1.54) is 6.07 Å². The van der Waals surface area contributed by atoms with Gasteiger partial charge in [-0.1, -0.05) is 48.7 Å². The normalized spacial score (nSPS) is 18.5. The Kier molecular flexibility index (Phi) is 6.27. The van der Waals surface area contributed by atoms with Gasteiger partial charge in [0.25, 0.3) is 0 Å². The van der Waals surface area contributed by atoms with E-state index >= 15 is 0 Å². The van der Waals surface area contributed by atoms with Crippen LogP contribution in [0, 0.1) is 17.6 Å². The van der Waals surface area contributed by atoms with Crippen molar-refractivity contribution in [3.8, 4) is 5.88 Å². The Morgan fingerprint density at radius 3 is 2.73 bits per heavy atom. The molecule has 1 aliphatic rings. The molecule has 1 fully saturated rings. The maximum absolute atomic E-state index is 13.6. The molecular weight excluding hydrogens is 444 g/mol. The fourth-order valence-corrected chi connectivity index (χ4v) is 5.02. The average molecular weight is 468 g/mol. The molecule has 4 aromatic rings. The third-order valence-corrected chi connectivity index (χ3v) is 6.83. The third-order valence-electron chi connectivity index (χ3n) is 6.46. The number of hydrogen-bond acceptors (Lipinski definition) is 3. The van der Waals surface area contributed by atoms with Crippen LogP contribution in [0.4, 0.5) is 8.78 Å². The predicted octanol–water partition coefficient (Wildman–Crippen LogP) is 6.99. The summed E-state index contributed by atoms with van der Waals surface area (Å²) in [5.74, 6) is 0.198. The van der Waals surface area contributed by atoms with Crippen molar-refractivity contribution in [3.05, 3.63) is 88.3 Å². The van der Waals surface area contributed by atoms with E-state index in [1.807, 2.05) is 30.3 Å². The summed E-state index contributed by atoms with van der Waals surface area (Å²) in [5.41, 5.74) is 2.96. The fourth-order valence-electron chi connectivity index (χ4n) is 4.83. The number of ether oxygens (including phenoxy) is 1. The molecule has 0 bridgehead atoms. The van der Waals surface area contributed by atoms with E-state index < -0.39 is 11.6 Å². The zero-order chi connectivity index (χ0) is 22.8. The van der Waals surface area contributed by atoms with Crippen LogP contribution in [0.2, 0.25) is 5.02 Å². The van der Waals surface area contributed by atoms with Gasteiger partial charge in [0.2, 0.25) is 5.88 Å². The zero-order valence-electron chi connectivity index (χ0n) is 18.0. The molecule has 0 amide bonds. The molecule has 2 unspecified atom stereocenters. The average Bonchev–Trinajstić information content (AvgIpc) is 3.20. The van der Waals surface area contributed by atoms with E-state index in [-0.39, 0.29) is 5.92 Å². The quantitative estimate of drug-likeness (QED) is 0.332. The van der Waals surface area contributed by atoms with Crippen LogP contribution in [0.25, 0.3) is 11.0 Å². The minimum absolute atomic E-state index is 0.260. The van der Waals surface area contributed by atoms with Gasteiger partial charge < -0.3 is 9.72 Å². The van der Waals surface area contributed by atoms with Crippen LogP contribution in [-0.2, 0) is 13.0 Å². The van der Waals surface area contributed by atoms with Gasteiger partial charge in [0.05, 0.1) is 11.0 Å². The van der Waals surface area contributed by atoms with Crippen molar-refractivity contribution < 1.29 is 13.5 Å². The molecule has 2 aromatic heterocycles. The first-order valence-corrected chi connectivity index (χ1v) is 11.6. The summed E-state index contributed by atoms with van der Waals surface area (Å²) in [6.07, 6.45) is 6.79. The van der Waals surface area contributed by atoms with Crippen LogP contribution >= 0.6 is 11.6 Å². The number of benzene rings is 2. The third kappa shape index (κ3) is 4.71. The summed E-state index contributed by atoms with van der Waals surface area (Å²) >= 11 is 6.29. The molecule has 170 valence electrons. The van der Waals surface area contributed by atoms with Crippen molar-refractivity contribution in [2.45, 2.75) is 44.6 Å². The number of H-pyrrole nitrogens is 1. The second-order valence-corrected chi connectivity index (χ2v) is 9.01. The summed E-state index contributed by atoms with van der Waals surface area (Å²) in [7, 11) is 0. The van der Waals surface area contributed by atoms with E-state index in [1.54, 1.807) is 6.20 Å². The number of imidazole rings is 1. The largest absolute Gasteiger partial charge is 0.473 e. The van der Waals surface area contributed by atoms with Gasteiger partial charge in [0, 0.05) is 40.9 Å². The number of fused-ring (bicyclic) bond motifs is 1. The maximum Gasteiger partial charge on any atom is 0.217 e. The Labute approximate surface area is 196 Å². The molecule has 2 heterocycles. The second kappa shape index (κ2) is 9.48. The van der Waals surface area contributed by atoms with Gasteiger partial charge >= 0.3 is 0 Å². The molecule has 0 aliphatic heterocycles. The van der Waals surface area contributed by atoms with E-state index in [2.05, 4.69) is 21.0 Å². The lowest BCUT2D eigenvalue weighted by Gasteiger charge is -2.32. The Morgan fingerprint density at radius 1 is 1.03 bits per heavy atom. The van der Waals surface area contributed by atoms with Gasteiger partial charge in [-0.05, 0) is 36.8 Å². The maximum atomic E-state index is 13.6. The lowest BCUT2D eigenvalue weighted by atomic mass is 9.74. The molecule has 0 spiro atoms. The number of nitrogens with zero attached hydrogens (tertiary/aromatic N) is 2. The SMILES string of the molecule is Fc1cc2nc(CC3CCCCC3c3cccnc3OCc3ccccc3Cl)[nH]c2cc1F. The van der Waals surface area contributed by atoms with Crippen molar-refractivity contribution in [1.82, 2.24) is 15.0 Å². The second-order valence-electron chi connectivity index (χ2n) is 8.60. The summed E-state index contributed by atoms with van der Waals surface area (Å²) in [6, 6.07) is 14.0. The van der Waals surface area contributed by atoms with Crippen molar-refractivity contribution in [1.29, 1.82) is 0 Å². The van der Waals surface area contributed by atoms with Gasteiger partial charge in [-0.3, -0.25) is 0 Å². The summed E-state index contributed by atoms with van der Waals surface area (Å²) in [6.45, 7) is 0.349. The number of aromatic amines is 1. The van der Waals surface area contributed by atoms with Crippen molar-refractivity contribution in [2.75, 3.05) is 0 Å². The van der Waals surface area contributed by atoms with E-state index in [4.69, 9.17) is 16.3 Å². The zero-order valence-corrected chi connectivity index (χ0v) is 18.8. The molecule has 0 saturated heterocycles. The first-order valence-electron chi connectivity index (χ1n) is 11.2. The van der Waals surface area contributed by atoms with Gasteiger partial charge in [0.15, 0.2) is 11.6 Å². The number of rotatable bonds is 6. The molecule has 7 heteroatoms. The molecule has 33 heavy (non-hydrogen) atoms. The van der Waals surface area contributed by atoms with Gasteiger partial charge in [-0.25, -0.2) is 18.7 Å². The first kappa shape index (κ1) is 21.8. The van der Waals surface area contributed by atoms with E-state index in [0.717, 1.165) is 48.7 Å². The highest BCUT2D eigenvalue weighted by molar-refractivity contribution is 6.31. The highest BCUT2D eigenvalue weighted by atomic mass is 35.5. The number of hydrogen-bond donors (Lipinski definition) is 1. The van der Waals surface area contributed by atoms with Crippen LogP contribution in [0.15, 0.2) is 54.7 Å². The van der Waals surface area contributed by atoms with Gasteiger partial charge in [0.1, 0.15) is 12.4 Å². The monoisotopic (exact) mass is 467 g/mol. The molecule has 5 rings (SSSR count). The van der Waals surface area contributed by atoms with Crippen LogP contribution in [0.5, 0.6) is 5.88 Å². The Morgan fingerprint density at radius 2 is 1.85 bits per heavy atom. The Balaban J connectivity index is 1.38. The van der Waals surface area contributed by atoms with Crippen LogP contribution in [0.1, 0.15) is 48.6 Å². The summed E-state index contributed by atoms with van der Waals surface area (Å²) in [4.78, 5) is 12.2. The van der Waals surface area contributed by atoms with Crippen LogP contribution in [0.3, 0.4) is 0 Å². The lowest BCUT2D eigenvalue weighted by molar-refractivity contribution is 0.264. The van der Waals surface area contributed by atoms with Crippen molar-refractivity contribution in [3.63, 3.8) is 0 Å². The van der Waals surface area contributed by atoms with Gasteiger partial charge in [-0.15, -0.1) is 0 Å². The topological polar surface area (TPSA) is 50.8 Å². The molecule has 2 aromatic carbocycles. The molecule has 1 N–H and O–H groups in total.